The minimum Gasteiger partial charge on any atom is -0.494 e. The average molecular weight is 454 g/mol. The number of carbonyl (C=O) groups excluding carboxylic acids is 1. The van der Waals surface area contributed by atoms with Crippen molar-refractivity contribution in [3.8, 4) is 5.75 Å². The van der Waals surface area contributed by atoms with Crippen LogP contribution < -0.4 is 9.46 Å². The van der Waals surface area contributed by atoms with Crippen LogP contribution in [0.25, 0.3) is 0 Å². The Balaban J connectivity index is 1.70. The van der Waals surface area contributed by atoms with E-state index in [9.17, 15) is 13.2 Å². The lowest BCUT2D eigenvalue weighted by atomic mass is 9.98. The van der Waals surface area contributed by atoms with Gasteiger partial charge in [-0.05, 0) is 54.4 Å². The van der Waals surface area contributed by atoms with Crippen LogP contribution in [0.15, 0.2) is 76.4 Å². The van der Waals surface area contributed by atoms with E-state index in [2.05, 4.69) is 9.82 Å². The second-order valence-electron chi connectivity index (χ2n) is 7.35. The molecule has 2 aromatic carbocycles. The number of furan rings is 1. The lowest BCUT2D eigenvalue weighted by Crippen LogP contribution is -2.26. The van der Waals surface area contributed by atoms with Crippen molar-refractivity contribution in [3.63, 3.8) is 0 Å². The molecule has 0 unspecified atom stereocenters. The first-order chi connectivity index (χ1) is 15.3. The lowest BCUT2D eigenvalue weighted by Gasteiger charge is -2.21. The summed E-state index contributed by atoms with van der Waals surface area (Å²) in [7, 11) is -3.42. The smallest absolute Gasteiger partial charge is 0.310 e. The molecule has 1 aliphatic heterocycles. The molecule has 32 heavy (non-hydrogen) atoms. The Morgan fingerprint density at radius 2 is 2.00 bits per heavy atom. The number of hydrogen-bond acceptors (Lipinski definition) is 6. The molecule has 3 aromatic rings. The standard InChI is InChI=1S/C23H23N3O5S/c1-3-30-19-10-5-8-17(14-19)21-15-20(24-26(21)23(27)22-11-6-12-31-22)16-7-4-9-18(13-16)25-32(2,28)29/h4-14,21,25H,3,15H2,1-2H3/t21-/m0/s1. The molecule has 1 N–H and O–H groups in total. The number of nitrogens with one attached hydrogen (secondary N) is 1. The van der Waals surface area contributed by atoms with E-state index in [-0.39, 0.29) is 17.7 Å². The zero-order valence-corrected chi connectivity index (χ0v) is 18.5. The van der Waals surface area contributed by atoms with Crippen LogP contribution in [0.2, 0.25) is 0 Å². The second-order valence-corrected chi connectivity index (χ2v) is 9.10. The minimum absolute atomic E-state index is 0.188. The van der Waals surface area contributed by atoms with Gasteiger partial charge in [0.25, 0.3) is 0 Å². The number of nitrogens with zero attached hydrogens (tertiary/aromatic N) is 2. The Hall–Kier alpha value is -3.59. The number of hydrogen-bond donors (Lipinski definition) is 1. The SMILES string of the molecule is CCOc1cccc([C@@H]2CC(c3cccc(NS(C)(=O)=O)c3)=NN2C(=O)c2ccco2)c1. The van der Waals surface area contributed by atoms with Gasteiger partial charge in [-0.15, -0.1) is 0 Å². The molecular weight excluding hydrogens is 430 g/mol. The van der Waals surface area contributed by atoms with Gasteiger partial charge in [0, 0.05) is 12.1 Å². The predicted molar refractivity (Wildman–Crippen MR) is 121 cm³/mol. The summed E-state index contributed by atoms with van der Waals surface area (Å²) >= 11 is 0. The van der Waals surface area contributed by atoms with E-state index >= 15 is 0 Å². The molecule has 0 spiro atoms. The van der Waals surface area contributed by atoms with Crippen molar-refractivity contribution in [1.29, 1.82) is 0 Å². The van der Waals surface area contributed by atoms with E-state index in [0.29, 0.717) is 30.2 Å². The van der Waals surface area contributed by atoms with E-state index in [1.165, 1.54) is 11.3 Å². The molecule has 0 radical (unpaired) electrons. The lowest BCUT2D eigenvalue weighted by molar-refractivity contribution is 0.0678. The molecule has 1 amide bonds. The minimum atomic E-state index is -3.42. The first kappa shape index (κ1) is 21.6. The molecule has 9 heteroatoms. The quantitative estimate of drug-likeness (QED) is 0.582. The number of amides is 1. The zero-order valence-electron chi connectivity index (χ0n) is 17.7. The predicted octanol–water partition coefficient (Wildman–Crippen LogP) is 4.04. The van der Waals surface area contributed by atoms with Crippen molar-refractivity contribution in [3.05, 3.63) is 83.8 Å². The molecule has 1 aromatic heterocycles. The van der Waals surface area contributed by atoms with Gasteiger partial charge in [-0.25, -0.2) is 13.4 Å². The van der Waals surface area contributed by atoms with Gasteiger partial charge in [-0.1, -0.05) is 24.3 Å². The fourth-order valence-electron chi connectivity index (χ4n) is 3.60. The third kappa shape index (κ3) is 4.83. The highest BCUT2D eigenvalue weighted by atomic mass is 32.2. The van der Waals surface area contributed by atoms with Crippen LogP contribution in [-0.2, 0) is 10.0 Å². The van der Waals surface area contributed by atoms with Crippen molar-refractivity contribution in [2.45, 2.75) is 19.4 Å². The van der Waals surface area contributed by atoms with E-state index < -0.39 is 10.0 Å². The Kier molecular flexibility index (Phi) is 6.00. The molecule has 0 aliphatic carbocycles. The van der Waals surface area contributed by atoms with Crippen molar-refractivity contribution >= 4 is 27.3 Å². The second kappa shape index (κ2) is 8.88. The summed E-state index contributed by atoms with van der Waals surface area (Å²) in [6, 6.07) is 17.4. The van der Waals surface area contributed by atoms with Gasteiger partial charge >= 0.3 is 5.91 Å². The van der Waals surface area contributed by atoms with E-state index in [1.807, 2.05) is 37.3 Å². The van der Waals surface area contributed by atoms with E-state index in [0.717, 1.165) is 17.4 Å². The van der Waals surface area contributed by atoms with Crippen LogP contribution >= 0.6 is 0 Å². The molecule has 0 fully saturated rings. The van der Waals surface area contributed by atoms with Gasteiger partial charge in [0.2, 0.25) is 10.0 Å². The van der Waals surface area contributed by atoms with Crippen LogP contribution in [-0.4, -0.2) is 37.9 Å². The first-order valence-corrected chi connectivity index (χ1v) is 12.0. The largest absolute Gasteiger partial charge is 0.494 e. The molecule has 1 atom stereocenters. The molecule has 8 nitrogen and oxygen atoms in total. The van der Waals surface area contributed by atoms with Crippen LogP contribution in [0.3, 0.4) is 0 Å². The van der Waals surface area contributed by atoms with Gasteiger partial charge in [0.1, 0.15) is 5.75 Å². The number of hydrazone groups is 1. The van der Waals surface area contributed by atoms with E-state index in [4.69, 9.17) is 9.15 Å². The highest BCUT2D eigenvalue weighted by Crippen LogP contribution is 2.35. The Bertz CT molecular complexity index is 1250. The topological polar surface area (TPSA) is 101 Å². The number of carbonyl (C=O) groups is 1. The summed E-state index contributed by atoms with van der Waals surface area (Å²) in [5.74, 6) is 0.541. The number of anilines is 1. The highest BCUT2D eigenvalue weighted by molar-refractivity contribution is 7.92. The third-order valence-corrected chi connectivity index (χ3v) is 5.51. The van der Waals surface area contributed by atoms with Crippen molar-refractivity contribution in [1.82, 2.24) is 5.01 Å². The molecular formula is C23H23N3O5S. The summed E-state index contributed by atoms with van der Waals surface area (Å²) in [5, 5.41) is 6.02. The summed E-state index contributed by atoms with van der Waals surface area (Å²) in [5.41, 5.74) is 2.69. The normalized spacial score (nSPS) is 16.0. The van der Waals surface area contributed by atoms with E-state index in [1.54, 1.807) is 30.3 Å². The highest BCUT2D eigenvalue weighted by Gasteiger charge is 2.35. The summed E-state index contributed by atoms with van der Waals surface area (Å²) in [4.78, 5) is 13.1. The number of benzene rings is 2. The van der Waals surface area contributed by atoms with Crippen LogP contribution in [0.1, 0.15) is 41.1 Å². The summed E-state index contributed by atoms with van der Waals surface area (Å²) in [6.45, 7) is 2.44. The molecule has 1 aliphatic rings. The Labute approximate surface area is 186 Å². The average Bonchev–Trinajstić information content (AvgIpc) is 3.43. The molecule has 4 rings (SSSR count). The van der Waals surface area contributed by atoms with Crippen molar-refractivity contribution in [2.75, 3.05) is 17.6 Å². The van der Waals surface area contributed by atoms with Crippen LogP contribution in [0.5, 0.6) is 5.75 Å². The zero-order chi connectivity index (χ0) is 22.7. The molecule has 0 saturated heterocycles. The number of sulfonamides is 1. The number of ether oxygens (including phenoxy) is 1. The molecule has 166 valence electrons. The van der Waals surface area contributed by atoms with Gasteiger partial charge in [0.05, 0.1) is 30.9 Å². The fourth-order valence-corrected chi connectivity index (χ4v) is 4.15. The maximum atomic E-state index is 13.1. The maximum Gasteiger partial charge on any atom is 0.310 e. The van der Waals surface area contributed by atoms with Crippen LogP contribution in [0.4, 0.5) is 5.69 Å². The van der Waals surface area contributed by atoms with Gasteiger partial charge in [-0.3, -0.25) is 9.52 Å². The van der Waals surface area contributed by atoms with Crippen molar-refractivity contribution in [2.24, 2.45) is 5.10 Å². The monoisotopic (exact) mass is 453 g/mol. The Morgan fingerprint density at radius 1 is 1.19 bits per heavy atom. The van der Waals surface area contributed by atoms with Gasteiger partial charge in [-0.2, -0.15) is 5.10 Å². The first-order valence-electron chi connectivity index (χ1n) is 10.1. The fraction of sp³-hybridized carbons (Fsp3) is 0.217. The summed E-state index contributed by atoms with van der Waals surface area (Å²) in [6.07, 6.45) is 2.99. The van der Waals surface area contributed by atoms with Crippen molar-refractivity contribution < 1.29 is 22.4 Å². The summed E-state index contributed by atoms with van der Waals surface area (Å²) < 4.78 is 36.6. The third-order valence-electron chi connectivity index (χ3n) is 4.90. The Morgan fingerprint density at radius 3 is 2.72 bits per heavy atom. The molecule has 0 saturated carbocycles. The van der Waals surface area contributed by atoms with Gasteiger partial charge < -0.3 is 9.15 Å². The number of rotatable bonds is 7. The molecule has 0 bridgehead atoms. The van der Waals surface area contributed by atoms with Gasteiger partial charge in [0.15, 0.2) is 5.76 Å². The molecule has 2 heterocycles. The maximum absolute atomic E-state index is 13.1. The van der Waals surface area contributed by atoms with Crippen LogP contribution in [0, 0.1) is 0 Å².